The molecule has 0 bridgehead atoms. The van der Waals surface area contributed by atoms with Crippen molar-refractivity contribution in [1.82, 2.24) is 15.5 Å². The maximum Gasteiger partial charge on any atom is 0.408 e. The molecule has 2 saturated heterocycles. The summed E-state index contributed by atoms with van der Waals surface area (Å²) < 4.78 is 26.7. The third-order valence-electron chi connectivity index (χ3n) is 8.25. The van der Waals surface area contributed by atoms with Crippen LogP contribution in [0, 0.1) is 5.82 Å². The highest BCUT2D eigenvalue weighted by Gasteiger charge is 2.55. The van der Waals surface area contributed by atoms with E-state index in [1.54, 1.807) is 39.0 Å². The number of fused-ring (bicyclic) bond motifs is 1. The second-order valence-electron chi connectivity index (χ2n) is 12.7. The average molecular weight is 670 g/mol. The molecule has 0 spiro atoms. The third kappa shape index (κ3) is 6.87. The van der Waals surface area contributed by atoms with E-state index in [2.05, 4.69) is 10.6 Å². The molecular weight excluding hydrogens is 633 g/mol. The lowest BCUT2D eigenvalue weighted by molar-refractivity contribution is -0.153. The molecule has 3 aliphatic heterocycles. The van der Waals surface area contributed by atoms with Gasteiger partial charge < -0.3 is 20.1 Å². The number of β-lactam (4-membered cyclic amide) rings is 1. The highest BCUT2D eigenvalue weighted by molar-refractivity contribution is 8.00. The minimum absolute atomic E-state index is 0.0230. The maximum atomic E-state index is 15.1. The van der Waals surface area contributed by atoms with Crippen LogP contribution in [-0.2, 0) is 30.3 Å². The number of amides is 3. The van der Waals surface area contributed by atoms with Gasteiger partial charge in [0.05, 0.1) is 0 Å². The molecule has 0 aliphatic carbocycles. The predicted molar refractivity (Wildman–Crippen MR) is 179 cm³/mol. The van der Waals surface area contributed by atoms with Crippen molar-refractivity contribution in [3.63, 3.8) is 0 Å². The zero-order valence-corrected chi connectivity index (χ0v) is 27.6. The van der Waals surface area contributed by atoms with E-state index in [4.69, 9.17) is 9.47 Å². The molecule has 0 radical (unpaired) electrons. The lowest BCUT2D eigenvalue weighted by atomic mass is 9.90. The van der Waals surface area contributed by atoms with Crippen LogP contribution in [0.2, 0.25) is 0 Å². The first-order valence-electron chi connectivity index (χ1n) is 15.7. The normalized spacial score (nSPS) is 20.1. The maximum absolute atomic E-state index is 15.1. The van der Waals surface area contributed by atoms with E-state index < -0.39 is 46.9 Å². The van der Waals surface area contributed by atoms with Crippen molar-refractivity contribution in [3.8, 4) is 0 Å². The number of hydrogen-bond donors (Lipinski definition) is 2. The number of rotatable bonds is 8. The molecule has 0 saturated carbocycles. The Morgan fingerprint density at radius 3 is 2.19 bits per heavy atom. The molecule has 2 fully saturated rings. The number of allylic oxidation sites excluding steroid dienone is 1. The van der Waals surface area contributed by atoms with Gasteiger partial charge in [-0.2, -0.15) is 0 Å². The first-order valence-corrected chi connectivity index (χ1v) is 16.8. The van der Waals surface area contributed by atoms with Crippen molar-refractivity contribution in [1.29, 1.82) is 0 Å². The van der Waals surface area contributed by atoms with Gasteiger partial charge in [-0.05, 0) is 61.1 Å². The summed E-state index contributed by atoms with van der Waals surface area (Å²) in [6, 6.07) is 23.8. The van der Waals surface area contributed by atoms with Gasteiger partial charge in [-0.15, -0.1) is 11.8 Å². The number of carbonyl (C=O) groups excluding carboxylic acids is 4. The summed E-state index contributed by atoms with van der Waals surface area (Å²) in [6.07, 6.45) is -1.17. The average Bonchev–Trinajstić information content (AvgIpc) is 3.50. The Morgan fingerprint density at radius 1 is 0.979 bits per heavy atom. The van der Waals surface area contributed by atoms with Crippen molar-refractivity contribution < 1.29 is 33.0 Å². The Morgan fingerprint density at radius 2 is 1.60 bits per heavy atom. The monoisotopic (exact) mass is 669 g/mol. The molecule has 3 aromatic carbocycles. The van der Waals surface area contributed by atoms with Crippen molar-refractivity contribution in [2.75, 3.05) is 12.3 Å². The van der Waals surface area contributed by atoms with Crippen LogP contribution in [0.15, 0.2) is 107 Å². The molecule has 0 unspecified atom stereocenters. The first-order chi connectivity index (χ1) is 23.0. The van der Waals surface area contributed by atoms with Crippen LogP contribution in [0.3, 0.4) is 0 Å². The Bertz CT molecular complexity index is 1760. The van der Waals surface area contributed by atoms with Gasteiger partial charge in [0.1, 0.15) is 28.5 Å². The number of esters is 1. The van der Waals surface area contributed by atoms with Crippen LogP contribution in [0.4, 0.5) is 9.18 Å². The summed E-state index contributed by atoms with van der Waals surface area (Å²) in [7, 11) is 0. The van der Waals surface area contributed by atoms with Gasteiger partial charge in [0.15, 0.2) is 6.10 Å². The number of thioether (sulfide) groups is 1. The minimum Gasteiger partial charge on any atom is -0.448 e. The smallest absolute Gasteiger partial charge is 0.408 e. The van der Waals surface area contributed by atoms with Crippen molar-refractivity contribution in [3.05, 3.63) is 130 Å². The number of benzene rings is 3. The molecule has 3 aliphatic rings. The van der Waals surface area contributed by atoms with Crippen LogP contribution >= 0.6 is 11.8 Å². The Hall–Kier alpha value is -4.90. The Labute approximate surface area is 282 Å². The van der Waals surface area contributed by atoms with Gasteiger partial charge in [0.25, 0.3) is 5.91 Å². The van der Waals surface area contributed by atoms with Crippen molar-refractivity contribution in [2.24, 2.45) is 0 Å². The summed E-state index contributed by atoms with van der Waals surface area (Å²) in [6.45, 7) is 5.56. The quantitative estimate of drug-likeness (QED) is 0.183. The molecule has 2 N–H and O–H groups in total. The molecule has 48 heavy (non-hydrogen) atoms. The van der Waals surface area contributed by atoms with E-state index >= 15 is 4.39 Å². The molecule has 9 nitrogen and oxygen atoms in total. The largest absolute Gasteiger partial charge is 0.448 e. The fourth-order valence-electron chi connectivity index (χ4n) is 6.06. The zero-order valence-electron chi connectivity index (χ0n) is 26.8. The fourth-order valence-corrected chi connectivity index (χ4v) is 7.44. The van der Waals surface area contributed by atoms with E-state index in [1.165, 1.54) is 22.7 Å². The second-order valence-corrected chi connectivity index (χ2v) is 13.8. The molecular formula is C37H36FN3O6S. The number of ether oxygens (including phenoxy) is 2. The van der Waals surface area contributed by atoms with Gasteiger partial charge in [-0.25, -0.2) is 14.0 Å². The third-order valence-corrected chi connectivity index (χ3v) is 9.53. The van der Waals surface area contributed by atoms with Gasteiger partial charge in [0.2, 0.25) is 5.91 Å². The lowest BCUT2D eigenvalue weighted by Gasteiger charge is -2.50. The number of carbonyl (C=O) groups is 4. The highest BCUT2D eigenvalue weighted by atomic mass is 32.2. The summed E-state index contributed by atoms with van der Waals surface area (Å²) in [5.41, 5.74) is 2.30. The van der Waals surface area contributed by atoms with E-state index in [-0.39, 0.29) is 23.8 Å². The van der Waals surface area contributed by atoms with Crippen LogP contribution < -0.4 is 10.6 Å². The number of hydrogen-bond acceptors (Lipinski definition) is 7. The Kier molecular flexibility index (Phi) is 9.41. The topological polar surface area (TPSA) is 114 Å². The molecule has 2 atom stereocenters. The van der Waals surface area contributed by atoms with Gasteiger partial charge in [-0.3, -0.25) is 14.5 Å². The summed E-state index contributed by atoms with van der Waals surface area (Å²) in [5.74, 6) is -1.85. The lowest BCUT2D eigenvalue weighted by Crippen LogP contribution is -2.70. The van der Waals surface area contributed by atoms with E-state index in [0.29, 0.717) is 35.2 Å². The van der Waals surface area contributed by atoms with E-state index in [0.717, 1.165) is 11.1 Å². The standard InChI is InChI=1S/C37H36FN3O6S/c1-37(2,3)47-36(45)40-29-33(43)41-30(35(44)46-31(22-12-6-4-7-13-22)23-14-8-5-9-15-23)27(21-48-34(29)41)26(25-18-19-39-32(25)42)20-24-16-10-11-17-28(24)38/h4-17,29,31,34H,18-21H2,1-3H3,(H,39,42)(H,40,45)/t29-,34-/m1/s1. The van der Waals surface area contributed by atoms with Crippen LogP contribution in [0.1, 0.15) is 50.0 Å². The zero-order chi connectivity index (χ0) is 34.0. The van der Waals surface area contributed by atoms with E-state index in [1.807, 2.05) is 60.7 Å². The van der Waals surface area contributed by atoms with Gasteiger partial charge >= 0.3 is 12.1 Å². The molecule has 0 aromatic heterocycles. The molecule has 3 heterocycles. The number of alkyl carbamates (subject to hydrolysis) is 1. The SMILES string of the molecule is CC(C)(C)OC(=O)N[C@@H]1C(=O)N2C(C(=O)OC(c3ccccc3)c3ccccc3)=C(C(Cc3ccccc3F)=C3CCNC3=O)CS[C@H]12. The second kappa shape index (κ2) is 13.7. The van der Waals surface area contributed by atoms with E-state index in [9.17, 15) is 19.2 Å². The first kappa shape index (κ1) is 33.0. The van der Waals surface area contributed by atoms with Crippen LogP contribution in [0.25, 0.3) is 0 Å². The molecule has 248 valence electrons. The van der Waals surface area contributed by atoms with Crippen molar-refractivity contribution in [2.45, 2.75) is 56.7 Å². The van der Waals surface area contributed by atoms with Crippen molar-refractivity contribution >= 4 is 35.6 Å². The van der Waals surface area contributed by atoms with Gasteiger partial charge in [-0.1, -0.05) is 78.9 Å². The number of halogens is 1. The summed E-state index contributed by atoms with van der Waals surface area (Å²) >= 11 is 1.34. The Balaban J connectivity index is 1.44. The highest BCUT2D eigenvalue weighted by Crippen LogP contribution is 2.45. The predicted octanol–water partition coefficient (Wildman–Crippen LogP) is 5.58. The number of nitrogens with zero attached hydrogens (tertiary/aromatic N) is 1. The van der Waals surface area contributed by atoms with Crippen LogP contribution in [-0.4, -0.2) is 58.1 Å². The summed E-state index contributed by atoms with van der Waals surface area (Å²) in [4.78, 5) is 55.5. The molecule has 6 rings (SSSR count). The molecule has 3 amide bonds. The summed E-state index contributed by atoms with van der Waals surface area (Å²) in [5, 5.41) is 4.84. The molecule has 11 heteroatoms. The minimum atomic E-state index is -0.953. The number of nitrogens with one attached hydrogen (secondary N) is 2. The van der Waals surface area contributed by atoms with Gasteiger partial charge in [0, 0.05) is 24.3 Å². The van der Waals surface area contributed by atoms with Crippen LogP contribution in [0.5, 0.6) is 0 Å². The fraction of sp³-hybridized carbons (Fsp3) is 0.297. The molecule has 3 aromatic rings.